The van der Waals surface area contributed by atoms with Gasteiger partial charge >= 0.3 is 0 Å². The molecule has 1 atom stereocenters. The number of carbonyl (C=O) groups excluding carboxylic acids is 3. The summed E-state index contributed by atoms with van der Waals surface area (Å²) in [5.74, 6) is -0.877. The zero-order chi connectivity index (χ0) is 32.8. The van der Waals surface area contributed by atoms with Crippen LogP contribution in [-0.4, -0.2) is 93.3 Å². The number of nitrogens with zero attached hydrogens (tertiary/aromatic N) is 3. The molecule has 1 saturated heterocycles. The van der Waals surface area contributed by atoms with Gasteiger partial charge in [-0.1, -0.05) is 42.6 Å². The first kappa shape index (κ1) is 32.8. The smallest absolute Gasteiger partial charge is 0.262 e. The maximum absolute atomic E-state index is 13.0. The summed E-state index contributed by atoms with van der Waals surface area (Å²) >= 11 is 1.83. The number of para-hydroxylation sites is 2. The summed E-state index contributed by atoms with van der Waals surface area (Å²) in [5, 5.41) is 2.64. The molecule has 0 aromatic heterocycles. The van der Waals surface area contributed by atoms with Gasteiger partial charge in [0.2, 0.25) is 5.91 Å². The monoisotopic (exact) mass is 656 g/mol. The predicted octanol–water partition coefficient (Wildman–Crippen LogP) is 5.11. The van der Waals surface area contributed by atoms with Crippen LogP contribution in [0.25, 0.3) is 0 Å². The Morgan fingerprint density at radius 3 is 2.23 bits per heavy atom. The van der Waals surface area contributed by atoms with Crippen molar-refractivity contribution < 1.29 is 28.6 Å². The van der Waals surface area contributed by atoms with Crippen LogP contribution in [0.15, 0.2) is 88.8 Å². The number of amides is 3. The number of likely N-dealkylation sites (N-methyl/N-ethyl adjacent to an activating group) is 1. The number of nitrogens with one attached hydrogen (secondary N) is 1. The van der Waals surface area contributed by atoms with Crippen molar-refractivity contribution in [3.63, 3.8) is 0 Å². The Hall–Kier alpha value is -4.16. The van der Waals surface area contributed by atoms with Crippen LogP contribution in [-0.2, 0) is 14.3 Å². The minimum Gasteiger partial charge on any atom is -0.491 e. The first-order chi connectivity index (χ1) is 22.9. The summed E-state index contributed by atoms with van der Waals surface area (Å²) in [6, 6.07) is 21.1. The van der Waals surface area contributed by atoms with E-state index in [0.29, 0.717) is 50.7 Å². The lowest BCUT2D eigenvalue weighted by Crippen LogP contribution is -2.51. The van der Waals surface area contributed by atoms with E-state index in [4.69, 9.17) is 14.2 Å². The van der Waals surface area contributed by atoms with Crippen LogP contribution in [0.4, 0.5) is 11.4 Å². The van der Waals surface area contributed by atoms with Gasteiger partial charge in [0.1, 0.15) is 18.4 Å². The van der Waals surface area contributed by atoms with Crippen molar-refractivity contribution in [3.05, 3.63) is 90.1 Å². The van der Waals surface area contributed by atoms with E-state index in [0.717, 1.165) is 31.0 Å². The van der Waals surface area contributed by atoms with E-state index in [1.54, 1.807) is 18.2 Å². The van der Waals surface area contributed by atoms with Gasteiger partial charge in [-0.15, -0.1) is 0 Å². The number of hydrogen-bond donors (Lipinski definition) is 1. The number of benzene rings is 3. The average molecular weight is 657 g/mol. The number of allylic oxidation sites excluding steroid dienone is 1. The summed E-state index contributed by atoms with van der Waals surface area (Å²) in [4.78, 5) is 46.7. The highest BCUT2D eigenvalue weighted by molar-refractivity contribution is 7.99. The molecule has 6 rings (SSSR count). The largest absolute Gasteiger partial charge is 0.491 e. The Labute approximate surface area is 279 Å². The van der Waals surface area contributed by atoms with E-state index >= 15 is 0 Å². The molecule has 0 radical (unpaired) electrons. The Kier molecular flexibility index (Phi) is 10.6. The minimum atomic E-state index is -0.838. The number of ether oxygens (including phenoxy) is 3. The predicted molar refractivity (Wildman–Crippen MR) is 181 cm³/mol. The van der Waals surface area contributed by atoms with Crippen LogP contribution in [0.2, 0.25) is 0 Å². The van der Waals surface area contributed by atoms with E-state index in [1.807, 2.05) is 11.8 Å². The van der Waals surface area contributed by atoms with Crippen molar-refractivity contribution >= 4 is 40.9 Å². The molecule has 3 aliphatic heterocycles. The third kappa shape index (κ3) is 7.54. The van der Waals surface area contributed by atoms with E-state index < -0.39 is 17.9 Å². The SMILES string of the molecule is C=C1CCC(N2C(=O)c3ccc(OCCOCCOCCN(C)CCCN4c5ccccc5Sc5ccccc54)cc3C2=O)C(=O)N1. The Morgan fingerprint density at radius 2 is 1.51 bits per heavy atom. The second-order valence-electron chi connectivity index (χ2n) is 11.8. The molecular weight excluding hydrogens is 616 g/mol. The van der Waals surface area contributed by atoms with Gasteiger partial charge in [-0.2, -0.15) is 0 Å². The third-order valence-electron chi connectivity index (χ3n) is 8.46. The van der Waals surface area contributed by atoms with Gasteiger partial charge < -0.3 is 29.3 Å². The van der Waals surface area contributed by atoms with Gasteiger partial charge in [0.05, 0.1) is 48.9 Å². The Balaban J connectivity index is 0.843. The van der Waals surface area contributed by atoms with Crippen molar-refractivity contribution in [1.29, 1.82) is 0 Å². The molecule has 1 N–H and O–H groups in total. The fraction of sp³-hybridized carbons (Fsp3) is 0.361. The second-order valence-corrected chi connectivity index (χ2v) is 12.8. The highest BCUT2D eigenvalue weighted by atomic mass is 32.2. The van der Waals surface area contributed by atoms with Gasteiger partial charge in [-0.05, 0) is 75.3 Å². The lowest BCUT2D eigenvalue weighted by molar-refractivity contribution is -0.125. The lowest BCUT2D eigenvalue weighted by Gasteiger charge is -2.33. The zero-order valence-corrected chi connectivity index (χ0v) is 27.4. The molecule has 1 fully saturated rings. The molecule has 3 amide bonds. The van der Waals surface area contributed by atoms with Gasteiger partial charge in [0.25, 0.3) is 11.8 Å². The highest BCUT2D eigenvalue weighted by Gasteiger charge is 2.44. The summed E-state index contributed by atoms with van der Waals surface area (Å²) in [7, 11) is 2.12. The molecule has 11 heteroatoms. The number of fused-ring (bicyclic) bond motifs is 3. The molecule has 3 heterocycles. The number of anilines is 2. The number of hydrogen-bond acceptors (Lipinski definition) is 9. The van der Waals surface area contributed by atoms with E-state index in [9.17, 15) is 14.4 Å². The van der Waals surface area contributed by atoms with E-state index in [1.165, 1.54) is 21.2 Å². The van der Waals surface area contributed by atoms with Crippen molar-refractivity contribution in [1.82, 2.24) is 15.1 Å². The van der Waals surface area contributed by atoms with Crippen molar-refractivity contribution in [3.8, 4) is 5.75 Å². The van der Waals surface area contributed by atoms with E-state index in [2.05, 4.69) is 77.3 Å². The van der Waals surface area contributed by atoms with Crippen LogP contribution in [0.3, 0.4) is 0 Å². The van der Waals surface area contributed by atoms with E-state index in [-0.39, 0.29) is 23.6 Å². The zero-order valence-electron chi connectivity index (χ0n) is 26.6. The third-order valence-corrected chi connectivity index (χ3v) is 9.59. The molecule has 10 nitrogen and oxygen atoms in total. The summed E-state index contributed by atoms with van der Waals surface area (Å²) in [6.45, 7) is 8.70. The van der Waals surface area contributed by atoms with Crippen LogP contribution in [0, 0.1) is 0 Å². The molecule has 3 aromatic carbocycles. The quantitative estimate of drug-likeness (QED) is 0.177. The maximum atomic E-state index is 13.0. The molecule has 3 aromatic rings. The van der Waals surface area contributed by atoms with Crippen molar-refractivity contribution in [2.75, 3.05) is 64.6 Å². The standard InChI is InChI=1S/C36H40N4O6S/c1-25-12-15-31(34(41)37-25)40-35(42)27-14-13-26(24-28(27)36(40)43)46-23-22-45-21-20-44-19-18-38(2)16-7-17-39-29-8-3-5-10-32(29)47-33-11-6-4-9-30(33)39/h3-6,8-11,13-14,24,31H,1,7,12,15-23H2,2H3,(H,37,41). The topological polar surface area (TPSA) is 101 Å². The first-order valence-electron chi connectivity index (χ1n) is 16.0. The fourth-order valence-corrected chi connectivity index (χ4v) is 7.11. The molecule has 1 unspecified atom stereocenters. The van der Waals surface area contributed by atoms with Crippen LogP contribution < -0.4 is 15.0 Å². The van der Waals surface area contributed by atoms with Crippen molar-refractivity contribution in [2.45, 2.75) is 35.1 Å². The summed E-state index contributed by atoms with van der Waals surface area (Å²) in [5.41, 5.74) is 3.66. The average Bonchev–Trinajstić information content (AvgIpc) is 3.32. The normalized spacial score (nSPS) is 17.1. The lowest BCUT2D eigenvalue weighted by atomic mass is 10.0. The molecule has 0 saturated carbocycles. The van der Waals surface area contributed by atoms with Gasteiger partial charge in [0.15, 0.2) is 0 Å². The molecule has 0 bridgehead atoms. The molecular formula is C36H40N4O6S. The second kappa shape index (κ2) is 15.2. The maximum Gasteiger partial charge on any atom is 0.262 e. The molecule has 47 heavy (non-hydrogen) atoms. The first-order valence-corrected chi connectivity index (χ1v) is 16.8. The van der Waals surface area contributed by atoms with Crippen LogP contribution in [0.5, 0.6) is 5.75 Å². The van der Waals surface area contributed by atoms with Crippen LogP contribution >= 0.6 is 11.8 Å². The van der Waals surface area contributed by atoms with Gasteiger partial charge in [-0.3, -0.25) is 19.3 Å². The van der Waals surface area contributed by atoms with Gasteiger partial charge in [-0.25, -0.2) is 0 Å². The minimum absolute atomic E-state index is 0.241. The van der Waals surface area contributed by atoms with Gasteiger partial charge in [0, 0.05) is 28.6 Å². The van der Waals surface area contributed by atoms with Crippen molar-refractivity contribution in [2.24, 2.45) is 0 Å². The number of imide groups is 1. The highest BCUT2D eigenvalue weighted by Crippen LogP contribution is 2.47. The number of piperidine rings is 1. The molecule has 3 aliphatic rings. The number of rotatable bonds is 15. The fourth-order valence-electron chi connectivity index (χ4n) is 6.01. The summed E-state index contributed by atoms with van der Waals surface area (Å²) in [6.07, 6.45) is 1.92. The summed E-state index contributed by atoms with van der Waals surface area (Å²) < 4.78 is 17.2. The molecule has 246 valence electrons. The molecule has 0 spiro atoms. The van der Waals surface area contributed by atoms with Crippen LogP contribution in [0.1, 0.15) is 40.0 Å². The Morgan fingerprint density at radius 1 is 0.851 bits per heavy atom. The molecule has 0 aliphatic carbocycles. The number of carbonyl (C=O) groups is 3. The Bertz CT molecular complexity index is 1600.